The molecule has 0 saturated carbocycles. The number of aromatic nitrogens is 2. The lowest BCUT2D eigenvalue weighted by Crippen LogP contribution is -2.46. The number of benzene rings is 1. The van der Waals surface area contributed by atoms with Gasteiger partial charge in [0.05, 0.1) is 23.3 Å². The van der Waals surface area contributed by atoms with E-state index in [1.54, 1.807) is 18.0 Å². The average molecular weight is 420 g/mol. The van der Waals surface area contributed by atoms with Crippen molar-refractivity contribution in [2.24, 2.45) is 5.92 Å². The molecule has 3 rings (SSSR count). The van der Waals surface area contributed by atoms with Gasteiger partial charge in [0.15, 0.2) is 0 Å². The molecule has 2 aromatic rings. The highest BCUT2D eigenvalue weighted by molar-refractivity contribution is 6.30. The van der Waals surface area contributed by atoms with Gasteiger partial charge >= 0.3 is 6.03 Å². The zero-order valence-corrected chi connectivity index (χ0v) is 17.8. The van der Waals surface area contributed by atoms with E-state index in [0.29, 0.717) is 31.1 Å². The lowest BCUT2D eigenvalue weighted by atomic mass is 10.1. The smallest absolute Gasteiger partial charge is 0.318 e. The van der Waals surface area contributed by atoms with E-state index < -0.39 is 5.82 Å². The number of halogens is 2. The van der Waals surface area contributed by atoms with Gasteiger partial charge < -0.3 is 15.5 Å². The fraction of sp³-hybridized carbons (Fsp3) is 0.476. The number of carbonyl (C=O) groups is 1. The van der Waals surface area contributed by atoms with Crippen molar-refractivity contribution in [1.82, 2.24) is 25.5 Å². The summed E-state index contributed by atoms with van der Waals surface area (Å²) in [5.41, 5.74) is 2.65. The topological polar surface area (TPSA) is 70.2 Å². The van der Waals surface area contributed by atoms with Gasteiger partial charge in [-0.05, 0) is 42.6 Å². The Morgan fingerprint density at radius 2 is 2.17 bits per heavy atom. The predicted octanol–water partition coefficient (Wildman–Crippen LogP) is 3.50. The van der Waals surface area contributed by atoms with Crippen LogP contribution in [0, 0.1) is 11.7 Å². The fourth-order valence-electron chi connectivity index (χ4n) is 3.41. The molecule has 2 heterocycles. The van der Waals surface area contributed by atoms with Crippen LogP contribution in [0.1, 0.15) is 42.5 Å². The molecule has 8 heteroatoms. The van der Waals surface area contributed by atoms with Crippen molar-refractivity contribution in [3.8, 4) is 0 Å². The largest absolute Gasteiger partial charge is 0.330 e. The van der Waals surface area contributed by atoms with Crippen molar-refractivity contribution in [2.75, 3.05) is 20.1 Å². The number of amides is 2. The van der Waals surface area contributed by atoms with Crippen LogP contribution >= 0.6 is 11.6 Å². The quantitative estimate of drug-likeness (QED) is 0.751. The van der Waals surface area contributed by atoms with Gasteiger partial charge in [-0.2, -0.15) is 0 Å². The van der Waals surface area contributed by atoms with E-state index in [2.05, 4.69) is 34.4 Å². The Kier molecular flexibility index (Phi) is 7.03. The van der Waals surface area contributed by atoms with Crippen LogP contribution in [0.2, 0.25) is 5.02 Å². The molecule has 0 fully saturated rings. The van der Waals surface area contributed by atoms with Crippen LogP contribution < -0.4 is 10.6 Å². The maximum atomic E-state index is 13.9. The van der Waals surface area contributed by atoms with Crippen molar-refractivity contribution < 1.29 is 9.18 Å². The van der Waals surface area contributed by atoms with Gasteiger partial charge in [0.2, 0.25) is 0 Å². The molecule has 1 aromatic carbocycles. The molecule has 156 valence electrons. The molecule has 2 amide bonds. The molecule has 1 aliphatic rings. The average Bonchev–Trinajstić information content (AvgIpc) is 2.68. The Morgan fingerprint density at radius 1 is 1.38 bits per heavy atom. The van der Waals surface area contributed by atoms with Crippen LogP contribution in [0.25, 0.3) is 0 Å². The summed E-state index contributed by atoms with van der Waals surface area (Å²) in [7, 11) is 1.79. The summed E-state index contributed by atoms with van der Waals surface area (Å²) in [5, 5.41) is 6.10. The maximum Gasteiger partial charge on any atom is 0.318 e. The number of nitrogens with one attached hydrogen (secondary N) is 2. The Labute approximate surface area is 175 Å². The van der Waals surface area contributed by atoms with Crippen molar-refractivity contribution in [1.29, 1.82) is 0 Å². The Morgan fingerprint density at radius 3 is 2.86 bits per heavy atom. The van der Waals surface area contributed by atoms with Crippen molar-refractivity contribution in [2.45, 2.75) is 39.3 Å². The van der Waals surface area contributed by atoms with Gasteiger partial charge in [0.1, 0.15) is 11.6 Å². The third-order valence-electron chi connectivity index (χ3n) is 4.93. The van der Waals surface area contributed by atoms with Gasteiger partial charge in [-0.1, -0.05) is 31.5 Å². The van der Waals surface area contributed by atoms with E-state index in [-0.39, 0.29) is 17.1 Å². The third-order valence-corrected chi connectivity index (χ3v) is 5.23. The summed E-state index contributed by atoms with van der Waals surface area (Å²) in [6, 6.07) is 4.02. The minimum atomic E-state index is -0.499. The summed E-state index contributed by atoms with van der Waals surface area (Å²) in [4.78, 5) is 23.8. The first kappa shape index (κ1) is 21.5. The molecule has 0 unspecified atom stereocenters. The number of nitrogens with zero attached hydrogens (tertiary/aromatic N) is 3. The van der Waals surface area contributed by atoms with Crippen LogP contribution in [0.15, 0.2) is 24.4 Å². The van der Waals surface area contributed by atoms with Crippen molar-refractivity contribution in [3.63, 3.8) is 0 Å². The van der Waals surface area contributed by atoms with E-state index in [4.69, 9.17) is 11.6 Å². The zero-order valence-electron chi connectivity index (χ0n) is 17.0. The molecular weight excluding hydrogens is 393 g/mol. The lowest BCUT2D eigenvalue weighted by Gasteiger charge is -2.30. The van der Waals surface area contributed by atoms with Crippen LogP contribution in [0.5, 0.6) is 0 Å². The molecule has 29 heavy (non-hydrogen) atoms. The SMILES string of the molecule is CNC[C@@H](NC(=O)N1CCc2cnc(CC(C)C)nc2C1)c1ccc(Cl)c(F)c1. The normalized spacial score (nSPS) is 14.6. The molecule has 1 aromatic heterocycles. The van der Waals surface area contributed by atoms with Gasteiger partial charge in [0.25, 0.3) is 0 Å². The molecule has 0 bridgehead atoms. The third kappa shape index (κ3) is 5.42. The molecule has 0 saturated heterocycles. The fourth-order valence-corrected chi connectivity index (χ4v) is 3.52. The molecule has 0 aliphatic carbocycles. The number of carbonyl (C=O) groups excluding carboxylic acids is 1. The van der Waals surface area contributed by atoms with Crippen LogP contribution in [-0.4, -0.2) is 41.0 Å². The van der Waals surface area contributed by atoms with E-state index in [1.807, 2.05) is 6.20 Å². The highest BCUT2D eigenvalue weighted by atomic mass is 35.5. The monoisotopic (exact) mass is 419 g/mol. The molecule has 2 N–H and O–H groups in total. The number of urea groups is 1. The molecule has 1 aliphatic heterocycles. The first-order valence-corrected chi connectivity index (χ1v) is 10.2. The van der Waals surface area contributed by atoms with E-state index in [9.17, 15) is 9.18 Å². The van der Waals surface area contributed by atoms with E-state index >= 15 is 0 Å². The highest BCUT2D eigenvalue weighted by Crippen LogP contribution is 2.22. The molecule has 0 spiro atoms. The van der Waals surface area contributed by atoms with Gasteiger partial charge in [-0.15, -0.1) is 0 Å². The number of hydrogen-bond acceptors (Lipinski definition) is 4. The second-order valence-electron chi connectivity index (χ2n) is 7.76. The van der Waals surface area contributed by atoms with Crippen LogP contribution in [-0.2, 0) is 19.4 Å². The second-order valence-corrected chi connectivity index (χ2v) is 8.17. The zero-order chi connectivity index (χ0) is 21.0. The summed E-state index contributed by atoms with van der Waals surface area (Å²) in [6.07, 6.45) is 3.42. The number of fused-ring (bicyclic) bond motifs is 1. The number of hydrogen-bond donors (Lipinski definition) is 2. The van der Waals surface area contributed by atoms with Crippen molar-refractivity contribution in [3.05, 3.63) is 57.9 Å². The van der Waals surface area contributed by atoms with Gasteiger partial charge in [0, 0.05) is 25.7 Å². The van der Waals surface area contributed by atoms with Gasteiger partial charge in [-0.25, -0.2) is 19.2 Å². The van der Waals surface area contributed by atoms with Gasteiger partial charge in [-0.3, -0.25) is 0 Å². The minimum Gasteiger partial charge on any atom is -0.330 e. The summed E-state index contributed by atoms with van der Waals surface area (Å²) < 4.78 is 13.9. The Bertz CT molecular complexity index is 876. The first-order valence-electron chi connectivity index (χ1n) is 9.86. The molecule has 0 radical (unpaired) electrons. The molecule has 6 nitrogen and oxygen atoms in total. The van der Waals surface area contributed by atoms with Crippen molar-refractivity contribution >= 4 is 17.6 Å². The Balaban J connectivity index is 1.71. The predicted molar refractivity (Wildman–Crippen MR) is 111 cm³/mol. The van der Waals surface area contributed by atoms with Crippen LogP contribution in [0.4, 0.5) is 9.18 Å². The number of rotatable bonds is 6. The lowest BCUT2D eigenvalue weighted by molar-refractivity contribution is 0.187. The number of likely N-dealkylation sites (N-methyl/N-ethyl adjacent to an activating group) is 1. The highest BCUT2D eigenvalue weighted by Gasteiger charge is 2.25. The van der Waals surface area contributed by atoms with E-state index in [0.717, 1.165) is 29.9 Å². The Hall–Kier alpha value is -2.25. The standard InChI is InChI=1S/C21H27ClFN5O/c1-13(2)8-20-25-10-15-6-7-28(12-19(15)26-20)21(29)27-18(11-24-3)14-4-5-16(22)17(23)9-14/h4-5,9-10,13,18,24H,6-8,11-12H2,1-3H3,(H,27,29)/t18-/m1/s1. The first-order chi connectivity index (χ1) is 13.9. The molecular formula is C21H27ClFN5O. The molecule has 1 atom stereocenters. The minimum absolute atomic E-state index is 0.0628. The summed E-state index contributed by atoms with van der Waals surface area (Å²) in [6.45, 7) is 5.76. The summed E-state index contributed by atoms with van der Waals surface area (Å²) in [5.74, 6) is 0.782. The maximum absolute atomic E-state index is 13.9. The van der Waals surface area contributed by atoms with E-state index in [1.165, 1.54) is 12.1 Å². The summed E-state index contributed by atoms with van der Waals surface area (Å²) >= 11 is 5.78. The van der Waals surface area contributed by atoms with Crippen LogP contribution in [0.3, 0.4) is 0 Å². The second kappa shape index (κ2) is 9.50.